The first-order valence-corrected chi connectivity index (χ1v) is 13.4. The largest absolute Gasteiger partial charge is 0.395 e. The van der Waals surface area contributed by atoms with E-state index in [9.17, 15) is 13.2 Å². The van der Waals surface area contributed by atoms with E-state index in [-0.39, 0.29) is 48.5 Å². The highest BCUT2D eigenvalue weighted by molar-refractivity contribution is 9.10. The van der Waals surface area contributed by atoms with Gasteiger partial charge in [-0.2, -0.15) is 4.98 Å². The van der Waals surface area contributed by atoms with Crippen LogP contribution in [0.4, 0.5) is 11.6 Å². The van der Waals surface area contributed by atoms with Crippen molar-refractivity contribution in [1.29, 1.82) is 0 Å². The second kappa shape index (κ2) is 11.7. The number of rotatable bonds is 10. The van der Waals surface area contributed by atoms with Crippen molar-refractivity contribution in [3.63, 3.8) is 0 Å². The number of aliphatic hydroxyl groups is 2. The summed E-state index contributed by atoms with van der Waals surface area (Å²) in [5.74, 6) is -0.259. The van der Waals surface area contributed by atoms with Crippen molar-refractivity contribution < 1.29 is 23.4 Å². The highest BCUT2D eigenvalue weighted by Gasteiger charge is 2.19. The number of halogens is 1. The normalized spacial score (nSPS) is 11.4. The average molecular weight is 587 g/mol. The number of hydrogen-bond donors (Lipinski definition) is 5. The molecule has 2 heterocycles. The molecule has 11 nitrogen and oxygen atoms in total. The minimum atomic E-state index is -3.73. The van der Waals surface area contributed by atoms with Crippen molar-refractivity contribution in [2.24, 2.45) is 0 Å². The topological polar surface area (TPSA) is 166 Å². The molecule has 0 aliphatic rings. The summed E-state index contributed by atoms with van der Waals surface area (Å²) in [5.41, 5.74) is 2.28. The van der Waals surface area contributed by atoms with Gasteiger partial charge in [-0.3, -0.25) is 4.79 Å². The summed E-state index contributed by atoms with van der Waals surface area (Å²) in [5, 5.41) is 24.2. The van der Waals surface area contributed by atoms with Gasteiger partial charge in [0, 0.05) is 40.4 Å². The van der Waals surface area contributed by atoms with Crippen LogP contribution in [-0.2, 0) is 10.0 Å². The number of sulfonamides is 1. The first kappa shape index (κ1) is 26.6. The lowest BCUT2D eigenvalue weighted by molar-refractivity contribution is 0.0941. The van der Waals surface area contributed by atoms with Crippen LogP contribution >= 0.6 is 15.9 Å². The third kappa shape index (κ3) is 6.26. The van der Waals surface area contributed by atoms with E-state index in [2.05, 4.69) is 46.2 Å². The van der Waals surface area contributed by atoms with Crippen LogP contribution in [0.5, 0.6) is 0 Å². The summed E-state index contributed by atoms with van der Waals surface area (Å²) < 4.78 is 27.4. The quantitative estimate of drug-likeness (QED) is 0.187. The fourth-order valence-electron chi connectivity index (χ4n) is 3.44. The third-order valence-corrected chi connectivity index (χ3v) is 7.34. The molecule has 2 aromatic carbocycles. The lowest BCUT2D eigenvalue weighted by Gasteiger charge is -2.13. The molecular formula is C24H23BrN6O5S. The van der Waals surface area contributed by atoms with Gasteiger partial charge in [-0.25, -0.2) is 23.1 Å². The monoisotopic (exact) mass is 586 g/mol. The third-order valence-electron chi connectivity index (χ3n) is 5.17. The number of carbonyl (C=O) groups is 1. The van der Waals surface area contributed by atoms with Crippen molar-refractivity contribution in [3.8, 4) is 11.1 Å². The minimum Gasteiger partial charge on any atom is -0.395 e. The van der Waals surface area contributed by atoms with E-state index < -0.39 is 15.9 Å². The molecular weight excluding hydrogens is 564 g/mol. The molecule has 0 saturated heterocycles. The molecule has 0 fully saturated rings. The maximum Gasteiger partial charge on any atom is 0.270 e. The number of fused-ring (bicyclic) bond motifs is 1. The summed E-state index contributed by atoms with van der Waals surface area (Å²) in [6.07, 6.45) is 1.57. The molecule has 5 N–H and O–H groups in total. The van der Waals surface area contributed by atoms with Crippen LogP contribution in [0.2, 0.25) is 0 Å². The molecule has 0 spiro atoms. The predicted molar refractivity (Wildman–Crippen MR) is 142 cm³/mol. The number of anilines is 2. The molecule has 13 heteroatoms. The summed E-state index contributed by atoms with van der Waals surface area (Å²) in [6.45, 7) is -0.520. The number of amides is 1. The van der Waals surface area contributed by atoms with Gasteiger partial charge in [0.1, 0.15) is 5.69 Å². The maximum absolute atomic E-state index is 12.9. The Labute approximate surface area is 221 Å². The number of aromatic nitrogens is 3. The van der Waals surface area contributed by atoms with Gasteiger partial charge in [0.2, 0.25) is 16.0 Å². The summed E-state index contributed by atoms with van der Waals surface area (Å²) in [4.78, 5) is 26.2. The molecule has 0 unspecified atom stereocenters. The number of nitrogens with one attached hydrogen (secondary N) is 3. The first-order chi connectivity index (χ1) is 17.8. The van der Waals surface area contributed by atoms with E-state index in [0.717, 1.165) is 10.0 Å². The van der Waals surface area contributed by atoms with Gasteiger partial charge in [-0.1, -0.05) is 34.1 Å². The molecule has 4 rings (SSSR count). The highest BCUT2D eigenvalue weighted by atomic mass is 79.9. The molecule has 1 amide bonds. The summed E-state index contributed by atoms with van der Waals surface area (Å²) in [7, 11) is -3.73. The number of pyridine rings is 1. The zero-order valence-corrected chi connectivity index (χ0v) is 21.8. The molecule has 0 atom stereocenters. The second-order valence-electron chi connectivity index (χ2n) is 7.72. The number of aliphatic hydroxyl groups excluding tert-OH is 2. The van der Waals surface area contributed by atoms with Gasteiger partial charge in [-0.05, 0) is 42.0 Å². The lowest BCUT2D eigenvalue weighted by atomic mass is 10.0. The molecule has 37 heavy (non-hydrogen) atoms. The van der Waals surface area contributed by atoms with Crippen molar-refractivity contribution in [2.45, 2.75) is 4.90 Å². The molecule has 4 aromatic rings. The summed E-state index contributed by atoms with van der Waals surface area (Å²) >= 11 is 3.52. The molecule has 0 saturated carbocycles. The SMILES string of the molecule is O=C(NCCO)c1nc2nc(Nc3ccc(S(=O)(=O)NCCO)cc3)ncc2cc1-c1ccccc1Br. The van der Waals surface area contributed by atoms with Crippen molar-refractivity contribution in [1.82, 2.24) is 25.0 Å². The average Bonchev–Trinajstić information content (AvgIpc) is 2.90. The predicted octanol–water partition coefficient (Wildman–Crippen LogP) is 2.19. The van der Waals surface area contributed by atoms with Gasteiger partial charge < -0.3 is 20.8 Å². The van der Waals surface area contributed by atoms with Crippen LogP contribution < -0.4 is 15.4 Å². The zero-order chi connectivity index (χ0) is 26.4. The standard InChI is InChI=1S/C24H23BrN6O5S/c25-20-4-2-1-3-18(20)19-13-15-14-27-24(31-22(15)30-21(19)23(34)26-9-11-32)29-16-5-7-17(8-6-16)37(35,36)28-10-12-33/h1-8,13-14,28,32-33H,9-12H2,(H,26,34)(H,27,29,30,31). The van der Waals surface area contributed by atoms with Gasteiger partial charge in [-0.15, -0.1) is 0 Å². The van der Waals surface area contributed by atoms with E-state index in [1.165, 1.54) is 12.1 Å². The molecule has 0 aliphatic heterocycles. The Balaban J connectivity index is 1.67. The Kier molecular flexibility index (Phi) is 8.41. The number of hydrogen-bond acceptors (Lipinski definition) is 9. The van der Waals surface area contributed by atoms with Crippen molar-refractivity contribution in [3.05, 3.63) is 71.0 Å². The number of carbonyl (C=O) groups excluding carboxylic acids is 1. The Morgan fingerprint density at radius 1 is 0.946 bits per heavy atom. The van der Waals surface area contributed by atoms with Crippen LogP contribution in [-0.4, -0.2) is 65.8 Å². The fourth-order valence-corrected chi connectivity index (χ4v) is 4.96. The Morgan fingerprint density at radius 3 is 2.38 bits per heavy atom. The van der Waals surface area contributed by atoms with E-state index in [0.29, 0.717) is 16.6 Å². The van der Waals surface area contributed by atoms with Crippen molar-refractivity contribution >= 4 is 54.5 Å². The molecule has 0 aliphatic carbocycles. The van der Waals surface area contributed by atoms with E-state index >= 15 is 0 Å². The van der Waals surface area contributed by atoms with Gasteiger partial charge >= 0.3 is 0 Å². The van der Waals surface area contributed by atoms with E-state index in [4.69, 9.17) is 10.2 Å². The Bertz CT molecular complexity index is 1530. The van der Waals surface area contributed by atoms with E-state index in [1.54, 1.807) is 24.4 Å². The van der Waals surface area contributed by atoms with Crippen LogP contribution in [0.15, 0.2) is 70.2 Å². The maximum atomic E-state index is 12.9. The van der Waals surface area contributed by atoms with E-state index in [1.807, 2.05) is 24.3 Å². The number of benzene rings is 2. The van der Waals surface area contributed by atoms with Crippen LogP contribution in [0.3, 0.4) is 0 Å². The van der Waals surface area contributed by atoms with Crippen LogP contribution in [0.25, 0.3) is 22.2 Å². The van der Waals surface area contributed by atoms with Crippen LogP contribution in [0.1, 0.15) is 10.5 Å². The van der Waals surface area contributed by atoms with Crippen molar-refractivity contribution in [2.75, 3.05) is 31.6 Å². The molecule has 0 bridgehead atoms. The lowest BCUT2D eigenvalue weighted by Crippen LogP contribution is -2.28. The second-order valence-corrected chi connectivity index (χ2v) is 10.3. The van der Waals surface area contributed by atoms with Gasteiger partial charge in [0.05, 0.1) is 18.1 Å². The molecule has 0 radical (unpaired) electrons. The molecule has 192 valence electrons. The Morgan fingerprint density at radius 2 is 1.68 bits per heavy atom. The number of nitrogens with zero attached hydrogens (tertiary/aromatic N) is 3. The minimum absolute atomic E-state index is 0.0470. The van der Waals surface area contributed by atoms with Gasteiger partial charge in [0.25, 0.3) is 5.91 Å². The smallest absolute Gasteiger partial charge is 0.270 e. The van der Waals surface area contributed by atoms with Crippen LogP contribution in [0, 0.1) is 0 Å². The first-order valence-electron chi connectivity index (χ1n) is 11.1. The Hall–Kier alpha value is -3.49. The highest BCUT2D eigenvalue weighted by Crippen LogP contribution is 2.32. The fraction of sp³-hybridized carbons (Fsp3) is 0.167. The summed E-state index contributed by atoms with van der Waals surface area (Å²) in [6, 6.07) is 15.1. The van der Waals surface area contributed by atoms with Gasteiger partial charge in [0.15, 0.2) is 5.65 Å². The molecule has 2 aromatic heterocycles. The zero-order valence-electron chi connectivity index (χ0n) is 19.3.